The van der Waals surface area contributed by atoms with Crippen molar-refractivity contribution in [1.29, 1.82) is 0 Å². The SMILES string of the molecule is COC(=O)CC(O)(CC(=O)OC)C(=O)[O-].O=C([O-])CP(=O)(O)O.[Mg+2]. The zero-order valence-electron chi connectivity index (χ0n) is 12.8. The molecule has 0 aromatic heterocycles. The van der Waals surface area contributed by atoms with E-state index < -0.39 is 56.1 Å². The quantitative estimate of drug-likeness (QED) is 0.215. The van der Waals surface area contributed by atoms with Gasteiger partial charge >= 0.3 is 42.6 Å². The molecule has 0 fully saturated rings. The van der Waals surface area contributed by atoms with Crippen molar-refractivity contribution in [3.05, 3.63) is 0 Å². The van der Waals surface area contributed by atoms with Crippen LogP contribution in [0, 0.1) is 0 Å². The molecule has 0 aliphatic carbocycles. The van der Waals surface area contributed by atoms with Crippen LogP contribution in [0.15, 0.2) is 0 Å². The summed E-state index contributed by atoms with van der Waals surface area (Å²) in [6, 6.07) is 0. The smallest absolute Gasteiger partial charge is 0.549 e. The number of carboxylic acid groups (broad SMARTS) is 2. The molecule has 0 rings (SSSR count). The van der Waals surface area contributed by atoms with Crippen molar-refractivity contribution in [1.82, 2.24) is 0 Å². The van der Waals surface area contributed by atoms with E-state index in [2.05, 4.69) is 9.47 Å². The van der Waals surface area contributed by atoms with Crippen molar-refractivity contribution in [3.8, 4) is 0 Å². The zero-order valence-corrected chi connectivity index (χ0v) is 15.1. The van der Waals surface area contributed by atoms with Crippen molar-refractivity contribution < 1.29 is 58.3 Å². The molecule has 14 heteroatoms. The zero-order chi connectivity index (χ0) is 18.8. The van der Waals surface area contributed by atoms with Gasteiger partial charge in [-0.15, -0.1) is 0 Å². The van der Waals surface area contributed by atoms with Gasteiger partial charge in [0.25, 0.3) is 0 Å². The van der Waals surface area contributed by atoms with Gasteiger partial charge in [-0.05, 0) is 0 Å². The molecule has 0 heterocycles. The van der Waals surface area contributed by atoms with E-state index in [0.29, 0.717) is 0 Å². The second-order valence-corrected chi connectivity index (χ2v) is 5.67. The third kappa shape index (κ3) is 14.4. The van der Waals surface area contributed by atoms with Crippen LogP contribution in [0.4, 0.5) is 0 Å². The van der Waals surface area contributed by atoms with Gasteiger partial charge in [-0.3, -0.25) is 14.2 Å². The van der Waals surface area contributed by atoms with Crippen LogP contribution in [0.25, 0.3) is 0 Å². The third-order valence-electron chi connectivity index (χ3n) is 2.04. The van der Waals surface area contributed by atoms with Crippen molar-refractivity contribution in [2.75, 3.05) is 20.4 Å². The average molecular weight is 382 g/mol. The third-order valence-corrected chi connectivity index (χ3v) is 2.71. The maximum absolute atomic E-state index is 10.8. The first-order valence-electron chi connectivity index (χ1n) is 5.59. The topological polar surface area (TPSA) is 211 Å². The van der Waals surface area contributed by atoms with Gasteiger partial charge in [0, 0.05) is 0 Å². The Bertz CT molecular complexity index is 480. The number of aliphatic hydroxyl groups is 1. The van der Waals surface area contributed by atoms with E-state index in [0.717, 1.165) is 14.2 Å². The summed E-state index contributed by atoms with van der Waals surface area (Å²) in [5, 5.41) is 29.4. The first-order chi connectivity index (χ1) is 10.3. The number of ether oxygens (including phenoxy) is 2. The number of carboxylic acids is 2. The van der Waals surface area contributed by atoms with Gasteiger partial charge in [-0.1, -0.05) is 0 Å². The Kier molecular flexibility index (Phi) is 14.0. The molecule has 134 valence electrons. The van der Waals surface area contributed by atoms with Gasteiger partial charge in [-0.25, -0.2) is 0 Å². The molecule has 0 amide bonds. The van der Waals surface area contributed by atoms with E-state index in [9.17, 15) is 39.1 Å². The van der Waals surface area contributed by atoms with Crippen LogP contribution < -0.4 is 10.2 Å². The Morgan fingerprint density at radius 3 is 1.46 bits per heavy atom. The summed E-state index contributed by atoms with van der Waals surface area (Å²) in [5.74, 6) is -5.60. The molecule has 24 heavy (non-hydrogen) atoms. The first kappa shape index (κ1) is 27.6. The Hall–Kier alpha value is -1.24. The molecule has 0 aliphatic rings. The molecular weight excluding hydrogens is 367 g/mol. The number of rotatable bonds is 7. The second-order valence-electron chi connectivity index (χ2n) is 4.02. The summed E-state index contributed by atoms with van der Waals surface area (Å²) in [5.41, 5.74) is -2.60. The van der Waals surface area contributed by atoms with Gasteiger partial charge in [0.2, 0.25) is 0 Å². The van der Waals surface area contributed by atoms with Crippen molar-refractivity contribution >= 4 is 54.5 Å². The minimum atomic E-state index is -4.38. The fourth-order valence-corrected chi connectivity index (χ4v) is 1.33. The van der Waals surface area contributed by atoms with Gasteiger partial charge < -0.3 is 44.2 Å². The molecule has 3 N–H and O–H groups in total. The Labute approximate surface area is 152 Å². The second kappa shape index (κ2) is 12.2. The van der Waals surface area contributed by atoms with Crippen molar-refractivity contribution in [3.63, 3.8) is 0 Å². The largest absolute Gasteiger partial charge is 2.00 e. The summed E-state index contributed by atoms with van der Waals surface area (Å²) in [4.78, 5) is 57.3. The number of hydrogen-bond acceptors (Lipinski definition) is 10. The van der Waals surface area contributed by atoms with E-state index in [1.807, 2.05) is 0 Å². The molecule has 12 nitrogen and oxygen atoms in total. The minimum absolute atomic E-state index is 0. The number of carbonyl (C=O) groups is 4. The molecular formula is C10H15MgO12P. The van der Waals surface area contributed by atoms with E-state index in [-0.39, 0.29) is 23.1 Å². The molecule has 0 saturated heterocycles. The molecule has 0 aromatic carbocycles. The maximum atomic E-state index is 10.8. The molecule has 0 saturated carbocycles. The van der Waals surface area contributed by atoms with Crippen molar-refractivity contribution in [2.24, 2.45) is 0 Å². The molecule has 0 spiro atoms. The van der Waals surface area contributed by atoms with Crippen LogP contribution in [0.5, 0.6) is 0 Å². The summed E-state index contributed by atoms with van der Waals surface area (Å²) in [6.45, 7) is 0. The molecule has 0 radical (unpaired) electrons. The van der Waals surface area contributed by atoms with E-state index >= 15 is 0 Å². The van der Waals surface area contributed by atoms with Crippen LogP contribution in [0.1, 0.15) is 12.8 Å². The summed E-state index contributed by atoms with van der Waals surface area (Å²) >= 11 is 0. The van der Waals surface area contributed by atoms with Crippen LogP contribution in [0.3, 0.4) is 0 Å². The average Bonchev–Trinajstić information content (AvgIpc) is 2.35. The number of methoxy groups -OCH3 is 2. The maximum Gasteiger partial charge on any atom is 2.00 e. The number of aliphatic carboxylic acids is 2. The summed E-state index contributed by atoms with van der Waals surface area (Å²) in [7, 11) is -2.34. The summed E-state index contributed by atoms with van der Waals surface area (Å²) < 4.78 is 18.1. The Morgan fingerprint density at radius 1 is 1.00 bits per heavy atom. The van der Waals surface area contributed by atoms with E-state index in [4.69, 9.17) is 9.79 Å². The molecule has 0 bridgehead atoms. The molecule has 0 unspecified atom stereocenters. The van der Waals surface area contributed by atoms with Gasteiger partial charge in [-0.2, -0.15) is 0 Å². The fraction of sp³-hybridized carbons (Fsp3) is 0.600. The predicted molar refractivity (Wildman–Crippen MR) is 70.9 cm³/mol. The standard InChI is InChI=1S/C8H12O7.C2H5O5P.Mg/c1-14-5(9)3-8(13,7(11)12)4-6(10)15-2;3-2(4)1-8(5,6)7;/h13H,3-4H2,1-2H3,(H,11,12);1H2,(H,3,4)(H2,5,6,7);/q;;+2/p-2. The normalized spacial score (nSPS) is 10.4. The van der Waals surface area contributed by atoms with Crippen molar-refractivity contribution in [2.45, 2.75) is 18.4 Å². The molecule has 0 aromatic rings. The van der Waals surface area contributed by atoms with E-state index in [1.165, 1.54) is 0 Å². The number of carbonyl (C=O) groups excluding carboxylic acids is 4. The van der Waals surface area contributed by atoms with Gasteiger partial charge in [0.1, 0.15) is 5.60 Å². The summed E-state index contributed by atoms with van der Waals surface area (Å²) in [6.07, 6.45) is -2.95. The van der Waals surface area contributed by atoms with E-state index in [1.54, 1.807) is 0 Å². The van der Waals surface area contributed by atoms with Gasteiger partial charge in [0.15, 0.2) is 0 Å². The van der Waals surface area contributed by atoms with Gasteiger partial charge in [0.05, 0.1) is 45.2 Å². The minimum Gasteiger partial charge on any atom is -0.549 e. The fourth-order valence-electron chi connectivity index (χ4n) is 0.997. The molecule has 0 atom stereocenters. The van der Waals surface area contributed by atoms with Crippen LogP contribution in [0.2, 0.25) is 0 Å². The Morgan fingerprint density at radius 2 is 1.33 bits per heavy atom. The Balaban J connectivity index is -0.000000419. The van der Waals surface area contributed by atoms with Crippen LogP contribution in [-0.2, 0) is 33.2 Å². The first-order valence-corrected chi connectivity index (χ1v) is 7.39. The monoisotopic (exact) mass is 382 g/mol. The molecule has 0 aliphatic heterocycles. The number of esters is 2. The number of hydrogen-bond donors (Lipinski definition) is 3. The predicted octanol–water partition coefficient (Wildman–Crippen LogP) is -4.87. The van der Waals surface area contributed by atoms with Crippen LogP contribution >= 0.6 is 7.60 Å². The van der Waals surface area contributed by atoms with Crippen LogP contribution in [-0.4, -0.2) is 87.8 Å².